The van der Waals surface area contributed by atoms with Gasteiger partial charge < -0.3 is 10.6 Å². The lowest BCUT2D eigenvalue weighted by Gasteiger charge is -2.38. The van der Waals surface area contributed by atoms with Gasteiger partial charge in [-0.05, 0) is 42.5 Å². The summed E-state index contributed by atoms with van der Waals surface area (Å²) >= 11 is 6.44. The van der Waals surface area contributed by atoms with Crippen LogP contribution in [0.3, 0.4) is 0 Å². The molecular formula is C22H18ClN3O2. The molecule has 6 heteroatoms. The van der Waals surface area contributed by atoms with E-state index in [1.807, 2.05) is 54.6 Å². The predicted octanol–water partition coefficient (Wildman–Crippen LogP) is 5.07. The normalized spacial score (nSPS) is 15.6. The molecule has 28 heavy (non-hydrogen) atoms. The van der Waals surface area contributed by atoms with Gasteiger partial charge in [0.25, 0.3) is 5.91 Å². The number of anilines is 3. The number of para-hydroxylation sites is 1. The lowest BCUT2D eigenvalue weighted by molar-refractivity contribution is -0.114. The zero-order valence-corrected chi connectivity index (χ0v) is 15.9. The van der Waals surface area contributed by atoms with Gasteiger partial charge in [-0.1, -0.05) is 41.9 Å². The largest absolute Gasteiger partial charge is 0.360 e. The summed E-state index contributed by atoms with van der Waals surface area (Å²) in [6.07, 6.45) is -0.456. The summed E-state index contributed by atoms with van der Waals surface area (Å²) in [6, 6.07) is 22.0. The Morgan fingerprint density at radius 3 is 2.39 bits per heavy atom. The maximum Gasteiger partial charge on any atom is 0.262 e. The van der Waals surface area contributed by atoms with Crippen LogP contribution in [0.1, 0.15) is 29.0 Å². The Hall–Kier alpha value is -3.31. The molecule has 0 saturated heterocycles. The molecular weight excluding hydrogens is 374 g/mol. The lowest BCUT2D eigenvalue weighted by atomic mass is 10.0. The second kappa shape index (κ2) is 7.37. The Kier molecular flexibility index (Phi) is 4.75. The highest BCUT2D eigenvalue weighted by Gasteiger charge is 2.34. The Morgan fingerprint density at radius 2 is 1.68 bits per heavy atom. The highest BCUT2D eigenvalue weighted by Crippen LogP contribution is 2.38. The molecule has 1 aliphatic rings. The average Bonchev–Trinajstić information content (AvgIpc) is 2.69. The molecule has 4 rings (SSSR count). The van der Waals surface area contributed by atoms with Crippen LogP contribution in [-0.4, -0.2) is 11.8 Å². The predicted molar refractivity (Wildman–Crippen MR) is 112 cm³/mol. The van der Waals surface area contributed by atoms with E-state index in [0.29, 0.717) is 22.0 Å². The quantitative estimate of drug-likeness (QED) is 0.655. The number of amides is 2. The first-order valence-corrected chi connectivity index (χ1v) is 9.23. The molecule has 3 aromatic rings. The van der Waals surface area contributed by atoms with Crippen LogP contribution in [0.15, 0.2) is 72.8 Å². The van der Waals surface area contributed by atoms with E-state index in [9.17, 15) is 9.59 Å². The highest BCUT2D eigenvalue weighted by atomic mass is 35.5. The maximum atomic E-state index is 13.3. The summed E-state index contributed by atoms with van der Waals surface area (Å²) in [7, 11) is 0. The van der Waals surface area contributed by atoms with Crippen molar-refractivity contribution in [1.82, 2.24) is 0 Å². The van der Waals surface area contributed by atoms with E-state index in [2.05, 4.69) is 10.6 Å². The molecule has 5 nitrogen and oxygen atoms in total. The van der Waals surface area contributed by atoms with Crippen LogP contribution in [0.4, 0.5) is 17.1 Å². The monoisotopic (exact) mass is 391 g/mol. The first-order chi connectivity index (χ1) is 13.5. The van der Waals surface area contributed by atoms with Crippen molar-refractivity contribution < 1.29 is 9.59 Å². The lowest BCUT2D eigenvalue weighted by Crippen LogP contribution is -2.43. The molecule has 1 heterocycles. The van der Waals surface area contributed by atoms with E-state index in [-0.39, 0.29) is 11.8 Å². The molecule has 3 aromatic carbocycles. The van der Waals surface area contributed by atoms with Crippen molar-refractivity contribution in [2.75, 3.05) is 15.5 Å². The number of nitrogens with zero attached hydrogens (tertiary/aromatic N) is 1. The van der Waals surface area contributed by atoms with Gasteiger partial charge in [0.15, 0.2) is 0 Å². The van der Waals surface area contributed by atoms with E-state index >= 15 is 0 Å². The molecule has 0 saturated carbocycles. The standard InChI is InChI=1S/C22H18ClN3O2/c1-14(27)24-15-10-12-16(13-11-15)26-21(17-6-2-4-8-19(17)23)25-20-9-5-3-7-18(20)22(26)28/h2-13,21,25H,1H3,(H,24,27)/t21-/m1/s1. The first kappa shape index (κ1) is 18.1. The number of carbonyl (C=O) groups excluding carboxylic acids is 2. The molecule has 2 N–H and O–H groups in total. The van der Waals surface area contributed by atoms with Crippen molar-refractivity contribution >= 4 is 40.5 Å². The summed E-state index contributed by atoms with van der Waals surface area (Å²) in [5, 5.41) is 6.74. The molecule has 2 amide bonds. The Labute approximate surface area is 167 Å². The number of rotatable bonds is 3. The number of hydrogen-bond donors (Lipinski definition) is 2. The van der Waals surface area contributed by atoms with Crippen molar-refractivity contribution in [1.29, 1.82) is 0 Å². The summed E-state index contributed by atoms with van der Waals surface area (Å²) in [6.45, 7) is 1.45. The molecule has 0 aromatic heterocycles. The van der Waals surface area contributed by atoms with E-state index in [0.717, 1.165) is 11.3 Å². The van der Waals surface area contributed by atoms with E-state index < -0.39 is 6.17 Å². The van der Waals surface area contributed by atoms with Crippen molar-refractivity contribution in [3.05, 3.63) is 88.9 Å². The fraction of sp³-hybridized carbons (Fsp3) is 0.0909. The Balaban J connectivity index is 1.80. The number of carbonyl (C=O) groups is 2. The minimum absolute atomic E-state index is 0.119. The molecule has 0 radical (unpaired) electrons. The van der Waals surface area contributed by atoms with Gasteiger partial charge in [-0.3, -0.25) is 14.5 Å². The summed E-state index contributed by atoms with van der Waals surface area (Å²) in [4.78, 5) is 26.3. The van der Waals surface area contributed by atoms with E-state index in [4.69, 9.17) is 11.6 Å². The van der Waals surface area contributed by atoms with Crippen molar-refractivity contribution in [3.8, 4) is 0 Å². The Bertz CT molecular complexity index is 1050. The molecule has 140 valence electrons. The van der Waals surface area contributed by atoms with Crippen molar-refractivity contribution in [2.45, 2.75) is 13.1 Å². The van der Waals surface area contributed by atoms with Gasteiger partial charge in [-0.25, -0.2) is 0 Å². The number of fused-ring (bicyclic) bond motifs is 1. The molecule has 1 atom stereocenters. The number of nitrogens with one attached hydrogen (secondary N) is 2. The molecule has 0 aliphatic carbocycles. The minimum Gasteiger partial charge on any atom is -0.360 e. The molecule has 1 aliphatic heterocycles. The van der Waals surface area contributed by atoms with Crippen LogP contribution in [0.2, 0.25) is 5.02 Å². The van der Waals surface area contributed by atoms with E-state index in [1.54, 1.807) is 23.1 Å². The molecule has 0 fully saturated rings. The topological polar surface area (TPSA) is 61.4 Å². The van der Waals surface area contributed by atoms with Gasteiger partial charge >= 0.3 is 0 Å². The first-order valence-electron chi connectivity index (χ1n) is 8.86. The van der Waals surface area contributed by atoms with Gasteiger partial charge in [-0.15, -0.1) is 0 Å². The van der Waals surface area contributed by atoms with Crippen molar-refractivity contribution in [3.63, 3.8) is 0 Å². The zero-order valence-electron chi connectivity index (χ0n) is 15.1. The van der Waals surface area contributed by atoms with E-state index in [1.165, 1.54) is 6.92 Å². The fourth-order valence-electron chi connectivity index (χ4n) is 3.34. The van der Waals surface area contributed by atoms with Crippen LogP contribution in [0, 0.1) is 0 Å². The van der Waals surface area contributed by atoms with Crippen LogP contribution < -0.4 is 15.5 Å². The number of benzene rings is 3. The van der Waals surface area contributed by atoms with Gasteiger partial charge in [0.05, 0.1) is 5.56 Å². The van der Waals surface area contributed by atoms with Crippen LogP contribution in [0.5, 0.6) is 0 Å². The third kappa shape index (κ3) is 3.32. The second-order valence-electron chi connectivity index (χ2n) is 6.52. The summed E-state index contributed by atoms with van der Waals surface area (Å²) in [5.74, 6) is -0.266. The maximum absolute atomic E-state index is 13.3. The summed E-state index contributed by atoms with van der Waals surface area (Å²) in [5.41, 5.74) is 3.53. The van der Waals surface area contributed by atoms with Crippen molar-refractivity contribution in [2.24, 2.45) is 0 Å². The van der Waals surface area contributed by atoms with Gasteiger partial charge in [0, 0.05) is 34.6 Å². The smallest absolute Gasteiger partial charge is 0.262 e. The third-order valence-corrected chi connectivity index (χ3v) is 4.94. The Morgan fingerprint density at radius 1 is 1.00 bits per heavy atom. The third-order valence-electron chi connectivity index (χ3n) is 4.59. The van der Waals surface area contributed by atoms with Crippen LogP contribution in [0.25, 0.3) is 0 Å². The highest BCUT2D eigenvalue weighted by molar-refractivity contribution is 6.31. The molecule has 0 bridgehead atoms. The fourth-order valence-corrected chi connectivity index (χ4v) is 3.58. The van der Waals surface area contributed by atoms with Gasteiger partial charge in [-0.2, -0.15) is 0 Å². The second-order valence-corrected chi connectivity index (χ2v) is 6.92. The zero-order chi connectivity index (χ0) is 19.7. The SMILES string of the molecule is CC(=O)Nc1ccc(N2C(=O)c3ccccc3N[C@H]2c2ccccc2Cl)cc1. The van der Waals surface area contributed by atoms with Gasteiger partial charge in [0.2, 0.25) is 5.91 Å². The number of hydrogen-bond acceptors (Lipinski definition) is 3. The number of halogens is 1. The summed E-state index contributed by atoms with van der Waals surface area (Å²) < 4.78 is 0. The van der Waals surface area contributed by atoms with Gasteiger partial charge in [0.1, 0.15) is 6.17 Å². The van der Waals surface area contributed by atoms with Crippen LogP contribution >= 0.6 is 11.6 Å². The average molecular weight is 392 g/mol. The molecule has 0 spiro atoms. The minimum atomic E-state index is -0.456. The molecule has 0 unspecified atom stereocenters. The van der Waals surface area contributed by atoms with Crippen LogP contribution in [-0.2, 0) is 4.79 Å².